The molecule has 0 bridgehead atoms. The maximum atomic E-state index is 9.10. The van der Waals surface area contributed by atoms with Gasteiger partial charge in [-0.25, -0.2) is 0 Å². The van der Waals surface area contributed by atoms with E-state index in [0.717, 1.165) is 23.8 Å². The zero-order valence-corrected chi connectivity index (χ0v) is 20.8. The van der Waals surface area contributed by atoms with Crippen LogP contribution in [-0.4, -0.2) is 58.5 Å². The van der Waals surface area contributed by atoms with Crippen molar-refractivity contribution in [3.05, 3.63) is 47.5 Å². The number of fused-ring (bicyclic) bond motifs is 3. The lowest BCUT2D eigenvalue weighted by Gasteiger charge is -2.31. The standard InChI is InChI=1S/C14H10B2.2C6H14O2/c15-11-3-5-13-9(7-11)1-2-10-8-12(16)4-6-14(10)13;2*1-5(2,7)6(3,4)8/h3-8H,1-2H2;2*7-8H,1-4H3. The Morgan fingerprint density at radius 3 is 1.00 bits per heavy atom. The van der Waals surface area contributed by atoms with Gasteiger partial charge < -0.3 is 20.4 Å². The molecule has 0 aliphatic heterocycles. The van der Waals surface area contributed by atoms with Crippen LogP contribution in [0.2, 0.25) is 0 Å². The van der Waals surface area contributed by atoms with E-state index in [9.17, 15) is 0 Å². The van der Waals surface area contributed by atoms with Crippen molar-refractivity contribution in [2.75, 3.05) is 0 Å². The second-order valence-electron chi connectivity index (χ2n) is 10.6. The van der Waals surface area contributed by atoms with Gasteiger partial charge in [-0.1, -0.05) is 47.3 Å². The number of rotatable bonds is 2. The molecule has 172 valence electrons. The first-order valence-electron chi connectivity index (χ1n) is 10.9. The molecule has 0 heterocycles. The van der Waals surface area contributed by atoms with Crippen LogP contribution < -0.4 is 10.9 Å². The van der Waals surface area contributed by atoms with E-state index in [-0.39, 0.29) is 0 Å². The third-order valence-corrected chi connectivity index (χ3v) is 6.21. The Balaban J connectivity index is 0.000000273. The van der Waals surface area contributed by atoms with Gasteiger partial charge in [0.2, 0.25) is 0 Å². The van der Waals surface area contributed by atoms with Gasteiger partial charge in [0.1, 0.15) is 15.7 Å². The van der Waals surface area contributed by atoms with Gasteiger partial charge in [-0.05, 0) is 90.5 Å². The zero-order chi connectivity index (χ0) is 25.1. The van der Waals surface area contributed by atoms with Crippen molar-refractivity contribution in [3.63, 3.8) is 0 Å². The van der Waals surface area contributed by atoms with Crippen molar-refractivity contribution in [2.24, 2.45) is 0 Å². The minimum absolute atomic E-state index is 0.845. The minimum Gasteiger partial charge on any atom is -0.387 e. The normalized spacial score (nSPS) is 13.6. The number of aliphatic hydroxyl groups is 4. The summed E-state index contributed by atoms with van der Waals surface area (Å²) in [5.41, 5.74) is 2.95. The van der Waals surface area contributed by atoms with E-state index in [4.69, 9.17) is 36.1 Å². The highest BCUT2D eigenvalue weighted by molar-refractivity contribution is 6.33. The molecule has 4 radical (unpaired) electrons. The van der Waals surface area contributed by atoms with Gasteiger partial charge in [-0.15, -0.1) is 0 Å². The molecule has 0 amide bonds. The van der Waals surface area contributed by atoms with E-state index in [1.54, 1.807) is 55.4 Å². The lowest BCUT2D eigenvalue weighted by molar-refractivity contribution is -0.107. The van der Waals surface area contributed by atoms with Crippen molar-refractivity contribution in [1.29, 1.82) is 0 Å². The van der Waals surface area contributed by atoms with Crippen molar-refractivity contribution >= 4 is 26.6 Å². The molecule has 2 aromatic carbocycles. The van der Waals surface area contributed by atoms with Crippen LogP contribution in [-0.2, 0) is 12.8 Å². The first-order valence-corrected chi connectivity index (χ1v) is 10.9. The Morgan fingerprint density at radius 2 is 0.781 bits per heavy atom. The third kappa shape index (κ3) is 8.08. The summed E-state index contributed by atoms with van der Waals surface area (Å²) in [6.07, 6.45) is 2.10. The van der Waals surface area contributed by atoms with Crippen molar-refractivity contribution in [2.45, 2.75) is 90.6 Å². The molecule has 6 heteroatoms. The van der Waals surface area contributed by atoms with Crippen LogP contribution in [0.25, 0.3) is 11.1 Å². The molecule has 4 nitrogen and oxygen atoms in total. The van der Waals surface area contributed by atoms with E-state index in [0.29, 0.717) is 0 Å². The van der Waals surface area contributed by atoms with Crippen LogP contribution >= 0.6 is 0 Å². The predicted octanol–water partition coefficient (Wildman–Crippen LogP) is 2.10. The van der Waals surface area contributed by atoms with Crippen LogP contribution in [0.5, 0.6) is 0 Å². The van der Waals surface area contributed by atoms with Gasteiger partial charge in [-0.2, -0.15) is 0 Å². The van der Waals surface area contributed by atoms with Crippen LogP contribution in [0, 0.1) is 0 Å². The maximum Gasteiger partial charge on any atom is 0.113 e. The van der Waals surface area contributed by atoms with E-state index >= 15 is 0 Å². The minimum atomic E-state index is -1.01. The van der Waals surface area contributed by atoms with Crippen LogP contribution in [0.15, 0.2) is 36.4 Å². The van der Waals surface area contributed by atoms with Crippen LogP contribution in [0.4, 0.5) is 0 Å². The van der Waals surface area contributed by atoms with Gasteiger partial charge in [0.25, 0.3) is 0 Å². The summed E-state index contributed by atoms with van der Waals surface area (Å²) in [5.74, 6) is 0. The second-order valence-corrected chi connectivity index (χ2v) is 10.6. The predicted molar refractivity (Wildman–Crippen MR) is 135 cm³/mol. The third-order valence-electron chi connectivity index (χ3n) is 6.21. The number of hydrogen-bond acceptors (Lipinski definition) is 4. The van der Waals surface area contributed by atoms with Crippen molar-refractivity contribution in [1.82, 2.24) is 0 Å². The molecule has 0 spiro atoms. The van der Waals surface area contributed by atoms with E-state index in [2.05, 4.69) is 24.3 Å². The summed E-state index contributed by atoms with van der Waals surface area (Å²) < 4.78 is 0. The Labute approximate surface area is 196 Å². The highest BCUT2D eigenvalue weighted by Crippen LogP contribution is 2.32. The van der Waals surface area contributed by atoms with Crippen molar-refractivity contribution in [3.8, 4) is 11.1 Å². The fraction of sp³-hybridized carbons (Fsp3) is 0.538. The molecular weight excluding hydrogens is 398 g/mol. The summed E-state index contributed by atoms with van der Waals surface area (Å²) in [7, 11) is 11.6. The molecule has 2 aromatic rings. The Hall–Kier alpha value is -1.59. The quantitative estimate of drug-likeness (QED) is 0.544. The highest BCUT2D eigenvalue weighted by Gasteiger charge is 2.32. The molecule has 0 unspecified atom stereocenters. The summed E-state index contributed by atoms with van der Waals surface area (Å²) in [5, 5.41) is 36.4. The van der Waals surface area contributed by atoms with Crippen molar-refractivity contribution < 1.29 is 20.4 Å². The Kier molecular flexibility index (Phi) is 9.00. The maximum absolute atomic E-state index is 9.10. The second kappa shape index (κ2) is 10.1. The zero-order valence-electron chi connectivity index (χ0n) is 20.8. The molecule has 1 aliphatic carbocycles. The van der Waals surface area contributed by atoms with E-state index < -0.39 is 22.4 Å². The lowest BCUT2D eigenvalue weighted by Crippen LogP contribution is -2.44. The number of benzene rings is 2. The fourth-order valence-corrected chi connectivity index (χ4v) is 2.44. The van der Waals surface area contributed by atoms with Gasteiger partial charge in [0.15, 0.2) is 0 Å². The largest absolute Gasteiger partial charge is 0.387 e. The first-order chi connectivity index (χ1) is 14.2. The molecule has 0 aromatic heterocycles. The van der Waals surface area contributed by atoms with Gasteiger partial charge in [-0.3, -0.25) is 0 Å². The molecule has 0 atom stereocenters. The number of hydrogen-bond donors (Lipinski definition) is 4. The van der Waals surface area contributed by atoms with Gasteiger partial charge in [0.05, 0.1) is 22.4 Å². The molecule has 4 N–H and O–H groups in total. The number of aryl methyl sites for hydroxylation is 2. The molecular formula is C26H38B2O4. The molecule has 0 saturated carbocycles. The average molecular weight is 436 g/mol. The monoisotopic (exact) mass is 436 g/mol. The van der Waals surface area contributed by atoms with E-state index in [1.165, 1.54) is 22.3 Å². The first kappa shape index (κ1) is 28.4. The average Bonchev–Trinajstić information content (AvgIpc) is 2.58. The lowest BCUT2D eigenvalue weighted by atomic mass is 9.80. The molecule has 32 heavy (non-hydrogen) atoms. The smallest absolute Gasteiger partial charge is 0.113 e. The van der Waals surface area contributed by atoms with Gasteiger partial charge in [0, 0.05) is 0 Å². The Bertz CT molecular complexity index is 796. The van der Waals surface area contributed by atoms with Gasteiger partial charge >= 0.3 is 0 Å². The molecule has 1 aliphatic rings. The Morgan fingerprint density at radius 1 is 0.531 bits per heavy atom. The fourth-order valence-electron chi connectivity index (χ4n) is 2.44. The molecule has 0 saturated heterocycles. The summed E-state index contributed by atoms with van der Waals surface area (Å²) in [4.78, 5) is 0. The topological polar surface area (TPSA) is 80.9 Å². The van der Waals surface area contributed by atoms with E-state index in [1.807, 2.05) is 12.1 Å². The highest BCUT2D eigenvalue weighted by atomic mass is 16.4. The SMILES string of the molecule is CC(C)(O)C(C)(C)O.CC(C)(O)C(C)(C)O.[B]c1ccc2c(c1)CCc1cc([B])ccc1-2. The summed E-state index contributed by atoms with van der Waals surface area (Å²) in [6, 6.07) is 12.3. The molecule has 3 rings (SSSR count). The van der Waals surface area contributed by atoms with Crippen LogP contribution in [0.3, 0.4) is 0 Å². The van der Waals surface area contributed by atoms with Crippen LogP contribution in [0.1, 0.15) is 66.5 Å². The summed E-state index contributed by atoms with van der Waals surface area (Å²) in [6.45, 7) is 12.6. The summed E-state index contributed by atoms with van der Waals surface area (Å²) >= 11 is 0. The molecule has 0 fully saturated rings.